The van der Waals surface area contributed by atoms with Crippen molar-refractivity contribution in [2.24, 2.45) is 0 Å². The molecule has 0 unspecified atom stereocenters. The van der Waals surface area contributed by atoms with Gasteiger partial charge < -0.3 is 5.32 Å². The molecule has 1 saturated heterocycles. The van der Waals surface area contributed by atoms with Crippen molar-refractivity contribution in [1.29, 1.82) is 5.26 Å². The molecule has 1 amide bonds. The molecule has 1 heterocycles. The minimum absolute atomic E-state index is 0.116. The lowest BCUT2D eigenvalue weighted by atomic mass is 10.0. The molecule has 1 N–H and O–H groups in total. The Bertz CT molecular complexity index is 847. The van der Waals surface area contributed by atoms with E-state index in [4.69, 9.17) is 5.26 Å². The van der Waals surface area contributed by atoms with Crippen LogP contribution in [-0.2, 0) is 11.3 Å². The lowest BCUT2D eigenvalue weighted by Crippen LogP contribution is -2.43. The monoisotopic (exact) mass is 363 g/mol. The Hall–Kier alpha value is -2.97. The molecule has 2 aromatic carbocycles. The lowest BCUT2D eigenvalue weighted by molar-refractivity contribution is -0.117. The Balaban J connectivity index is 1.44. The summed E-state index contributed by atoms with van der Waals surface area (Å²) in [5.74, 6) is -0.332. The summed E-state index contributed by atoms with van der Waals surface area (Å²) >= 11 is 0. The van der Waals surface area contributed by atoms with Gasteiger partial charge in [-0.25, -0.2) is 4.39 Å². The topological polar surface area (TPSA) is 56.1 Å². The first-order chi connectivity index (χ1) is 13.1. The Morgan fingerprint density at radius 1 is 1.22 bits per heavy atom. The average Bonchev–Trinajstić information content (AvgIpc) is 2.70. The van der Waals surface area contributed by atoms with Gasteiger partial charge in [0.05, 0.1) is 11.6 Å². The molecule has 0 aromatic heterocycles. The molecule has 1 aliphatic rings. The second-order valence-electron chi connectivity index (χ2n) is 6.76. The molecule has 1 aliphatic heterocycles. The number of halogens is 1. The van der Waals surface area contributed by atoms with Gasteiger partial charge in [-0.3, -0.25) is 9.69 Å². The Morgan fingerprint density at radius 3 is 2.67 bits per heavy atom. The van der Waals surface area contributed by atoms with Gasteiger partial charge in [0.25, 0.3) is 0 Å². The van der Waals surface area contributed by atoms with E-state index in [-0.39, 0.29) is 17.8 Å². The van der Waals surface area contributed by atoms with Crippen molar-refractivity contribution in [1.82, 2.24) is 10.2 Å². The zero-order valence-electron chi connectivity index (χ0n) is 15.1. The largest absolute Gasteiger partial charge is 0.350 e. The number of carbonyl (C=O) groups excluding carboxylic acids is 1. The van der Waals surface area contributed by atoms with Crippen LogP contribution in [0.5, 0.6) is 0 Å². The minimum atomic E-state index is -0.215. The van der Waals surface area contributed by atoms with Crippen LogP contribution in [0.25, 0.3) is 6.08 Å². The van der Waals surface area contributed by atoms with Crippen LogP contribution in [0.15, 0.2) is 54.6 Å². The van der Waals surface area contributed by atoms with Crippen molar-refractivity contribution in [3.8, 4) is 6.07 Å². The summed E-state index contributed by atoms with van der Waals surface area (Å²) in [6.07, 6.45) is 5.02. The van der Waals surface area contributed by atoms with Crippen molar-refractivity contribution in [3.05, 3.63) is 77.1 Å². The molecule has 0 radical (unpaired) electrons. The van der Waals surface area contributed by atoms with Gasteiger partial charge in [-0.2, -0.15) is 5.26 Å². The van der Waals surface area contributed by atoms with Crippen LogP contribution in [0.4, 0.5) is 4.39 Å². The van der Waals surface area contributed by atoms with Gasteiger partial charge in [0, 0.05) is 31.8 Å². The molecule has 4 nitrogen and oxygen atoms in total. The molecule has 27 heavy (non-hydrogen) atoms. The molecule has 0 saturated carbocycles. The van der Waals surface area contributed by atoms with Gasteiger partial charge in [0.15, 0.2) is 0 Å². The first-order valence-corrected chi connectivity index (χ1v) is 9.08. The van der Waals surface area contributed by atoms with Gasteiger partial charge in [-0.15, -0.1) is 0 Å². The third-order valence-electron chi connectivity index (χ3n) is 4.70. The average molecular weight is 363 g/mol. The lowest BCUT2D eigenvalue weighted by Gasteiger charge is -2.32. The van der Waals surface area contributed by atoms with E-state index in [0.29, 0.717) is 5.56 Å². The van der Waals surface area contributed by atoms with Gasteiger partial charge >= 0.3 is 0 Å². The summed E-state index contributed by atoms with van der Waals surface area (Å²) in [7, 11) is 0. The summed E-state index contributed by atoms with van der Waals surface area (Å²) in [5, 5.41) is 12.0. The maximum Gasteiger partial charge on any atom is 0.244 e. The van der Waals surface area contributed by atoms with Crippen LogP contribution in [0, 0.1) is 17.1 Å². The number of hydrogen-bond donors (Lipinski definition) is 1. The molecule has 3 rings (SSSR count). The standard InChI is InChI=1S/C22H22FN3O/c23-20-7-4-18(5-8-20)16-26-12-10-21(11-13-26)25-22(27)9-6-17-2-1-3-19(14-17)15-24/h1-9,14,21H,10-13,16H2,(H,25,27)/b9-6-. The predicted octanol–water partition coefficient (Wildman–Crippen LogP) is 3.49. The summed E-state index contributed by atoms with van der Waals surface area (Å²) in [5.41, 5.74) is 2.51. The number of hydrogen-bond acceptors (Lipinski definition) is 3. The molecule has 0 spiro atoms. The second-order valence-corrected chi connectivity index (χ2v) is 6.76. The minimum Gasteiger partial charge on any atom is -0.350 e. The zero-order valence-corrected chi connectivity index (χ0v) is 15.1. The number of benzene rings is 2. The molecular weight excluding hydrogens is 341 g/mol. The van der Waals surface area contributed by atoms with Crippen molar-refractivity contribution in [2.75, 3.05) is 13.1 Å². The van der Waals surface area contributed by atoms with Crippen LogP contribution < -0.4 is 5.32 Å². The molecule has 5 heteroatoms. The quantitative estimate of drug-likeness (QED) is 0.828. The smallest absolute Gasteiger partial charge is 0.244 e. The number of amides is 1. The molecule has 1 fully saturated rings. The van der Waals surface area contributed by atoms with E-state index >= 15 is 0 Å². The number of nitrogens with one attached hydrogen (secondary N) is 1. The van der Waals surface area contributed by atoms with E-state index in [1.54, 1.807) is 24.3 Å². The van der Waals surface area contributed by atoms with E-state index in [1.807, 2.05) is 18.2 Å². The summed E-state index contributed by atoms with van der Waals surface area (Å²) in [6, 6.07) is 16.0. The SMILES string of the molecule is N#Cc1cccc(/C=C\C(=O)NC2CCN(Cc3ccc(F)cc3)CC2)c1. The molecule has 0 aliphatic carbocycles. The highest BCUT2D eigenvalue weighted by Crippen LogP contribution is 2.14. The van der Waals surface area contributed by atoms with Gasteiger partial charge in [0.2, 0.25) is 5.91 Å². The number of nitrogens with zero attached hydrogens (tertiary/aromatic N) is 2. The van der Waals surface area contributed by atoms with E-state index < -0.39 is 0 Å². The number of nitriles is 1. The van der Waals surface area contributed by atoms with Crippen LogP contribution in [0.2, 0.25) is 0 Å². The Labute approximate surface area is 158 Å². The normalized spacial score (nSPS) is 15.6. The Kier molecular flexibility index (Phi) is 6.35. The van der Waals surface area contributed by atoms with Crippen molar-refractivity contribution in [2.45, 2.75) is 25.4 Å². The van der Waals surface area contributed by atoms with Crippen LogP contribution in [0.3, 0.4) is 0 Å². The Morgan fingerprint density at radius 2 is 1.96 bits per heavy atom. The number of rotatable bonds is 5. The number of carbonyl (C=O) groups is 1. The third kappa shape index (κ3) is 5.77. The summed E-state index contributed by atoms with van der Waals surface area (Å²) < 4.78 is 13.0. The second kappa shape index (κ2) is 9.11. The predicted molar refractivity (Wildman–Crippen MR) is 103 cm³/mol. The van der Waals surface area contributed by atoms with E-state index in [9.17, 15) is 9.18 Å². The first-order valence-electron chi connectivity index (χ1n) is 9.08. The molecule has 0 bridgehead atoms. The van der Waals surface area contributed by atoms with Crippen LogP contribution in [0.1, 0.15) is 29.5 Å². The van der Waals surface area contributed by atoms with Crippen LogP contribution in [-0.4, -0.2) is 29.9 Å². The molecule has 0 atom stereocenters. The van der Waals surface area contributed by atoms with Crippen molar-refractivity contribution < 1.29 is 9.18 Å². The third-order valence-corrected chi connectivity index (χ3v) is 4.70. The molecule has 2 aromatic rings. The fourth-order valence-corrected chi connectivity index (χ4v) is 3.22. The van der Waals surface area contributed by atoms with Crippen molar-refractivity contribution >= 4 is 12.0 Å². The fraction of sp³-hybridized carbons (Fsp3) is 0.273. The highest BCUT2D eigenvalue weighted by molar-refractivity contribution is 5.91. The van der Waals surface area contributed by atoms with E-state index in [1.165, 1.54) is 18.2 Å². The van der Waals surface area contributed by atoms with Crippen LogP contribution >= 0.6 is 0 Å². The maximum atomic E-state index is 13.0. The van der Waals surface area contributed by atoms with Crippen molar-refractivity contribution in [3.63, 3.8) is 0 Å². The summed E-state index contributed by atoms with van der Waals surface area (Å²) in [4.78, 5) is 14.5. The maximum absolute atomic E-state index is 13.0. The highest BCUT2D eigenvalue weighted by atomic mass is 19.1. The highest BCUT2D eigenvalue weighted by Gasteiger charge is 2.20. The number of piperidine rings is 1. The molecular formula is C22H22FN3O. The van der Waals surface area contributed by atoms with Gasteiger partial charge in [-0.05, 0) is 54.3 Å². The van der Waals surface area contributed by atoms with E-state index in [2.05, 4.69) is 16.3 Å². The molecule has 138 valence electrons. The van der Waals surface area contributed by atoms with E-state index in [0.717, 1.165) is 43.6 Å². The zero-order chi connectivity index (χ0) is 19.1. The number of likely N-dealkylation sites (tertiary alicyclic amines) is 1. The summed E-state index contributed by atoms with van der Waals surface area (Å²) in [6.45, 7) is 2.60. The van der Waals surface area contributed by atoms with Gasteiger partial charge in [0.1, 0.15) is 5.82 Å². The van der Waals surface area contributed by atoms with Gasteiger partial charge in [-0.1, -0.05) is 24.3 Å². The first kappa shape index (κ1) is 18.8. The fourth-order valence-electron chi connectivity index (χ4n) is 3.22.